The molecule has 0 aliphatic rings. The van der Waals surface area contributed by atoms with Gasteiger partial charge in [0.05, 0.1) is 12.4 Å². The quantitative estimate of drug-likeness (QED) is 0.639. The van der Waals surface area contributed by atoms with Crippen LogP contribution in [0.1, 0.15) is 5.69 Å². The lowest BCUT2D eigenvalue weighted by Crippen LogP contribution is -2.09. The summed E-state index contributed by atoms with van der Waals surface area (Å²) in [6, 6.07) is 1.32. The molecule has 0 saturated carbocycles. The van der Waals surface area contributed by atoms with Crippen molar-refractivity contribution in [2.75, 3.05) is 0 Å². The Morgan fingerprint density at radius 3 is 2.29 bits per heavy atom. The van der Waals surface area contributed by atoms with Crippen molar-refractivity contribution in [3.8, 4) is 11.5 Å². The monoisotopic (exact) mass is 333 g/mol. The van der Waals surface area contributed by atoms with E-state index in [1.807, 2.05) is 0 Å². The normalized spacial score (nSPS) is 12.0. The smallest absolute Gasteiger partial charge is 0.293 e. The summed E-state index contributed by atoms with van der Waals surface area (Å²) in [5.41, 5.74) is -0.609. The Kier molecular flexibility index (Phi) is 3.22. The summed E-state index contributed by atoms with van der Waals surface area (Å²) in [6.45, 7) is 0. The van der Waals surface area contributed by atoms with Gasteiger partial charge in [-0.25, -0.2) is 19.9 Å². The van der Waals surface area contributed by atoms with Crippen LogP contribution in [0.15, 0.2) is 24.7 Å². The second-order valence-electron chi connectivity index (χ2n) is 3.98. The lowest BCUT2D eigenvalue weighted by molar-refractivity contribution is -0.141. The van der Waals surface area contributed by atoms with Crippen LogP contribution in [0.2, 0.25) is 10.3 Å². The Balaban J connectivity index is 2.23. The number of alkyl halides is 3. The van der Waals surface area contributed by atoms with E-state index in [0.29, 0.717) is 0 Å². The molecular weight excluding hydrogens is 330 g/mol. The van der Waals surface area contributed by atoms with Gasteiger partial charge in [0.1, 0.15) is 16.0 Å². The van der Waals surface area contributed by atoms with Gasteiger partial charge in [-0.1, -0.05) is 23.2 Å². The first-order chi connectivity index (χ1) is 9.84. The van der Waals surface area contributed by atoms with E-state index in [1.54, 1.807) is 0 Å². The molecule has 0 radical (unpaired) electrons. The number of fused-ring (bicyclic) bond motifs is 1. The maximum atomic E-state index is 12.7. The van der Waals surface area contributed by atoms with Crippen LogP contribution in [0.5, 0.6) is 0 Å². The predicted molar refractivity (Wildman–Crippen MR) is 69.0 cm³/mol. The van der Waals surface area contributed by atoms with Gasteiger partial charge in [0.2, 0.25) is 0 Å². The molecule has 0 N–H and O–H groups in total. The van der Waals surface area contributed by atoms with E-state index in [4.69, 9.17) is 23.2 Å². The fourth-order valence-electron chi connectivity index (χ4n) is 1.71. The third-order valence-electron chi connectivity index (χ3n) is 2.58. The van der Waals surface area contributed by atoms with Crippen molar-refractivity contribution >= 4 is 28.8 Å². The molecule has 3 aromatic rings. The van der Waals surface area contributed by atoms with Crippen molar-refractivity contribution in [2.24, 2.45) is 0 Å². The molecule has 0 aromatic carbocycles. The number of hydrogen-bond donors (Lipinski definition) is 0. The number of halogens is 5. The third-order valence-corrected chi connectivity index (χ3v) is 2.97. The lowest BCUT2D eigenvalue weighted by Gasteiger charge is -2.07. The van der Waals surface area contributed by atoms with E-state index >= 15 is 0 Å². The van der Waals surface area contributed by atoms with Gasteiger partial charge in [0, 0.05) is 12.3 Å². The Morgan fingerprint density at radius 1 is 1.00 bits per heavy atom. The Labute approximate surface area is 125 Å². The zero-order valence-corrected chi connectivity index (χ0v) is 11.4. The van der Waals surface area contributed by atoms with Crippen LogP contribution < -0.4 is 0 Å². The van der Waals surface area contributed by atoms with Crippen LogP contribution >= 0.6 is 23.2 Å². The van der Waals surface area contributed by atoms with Gasteiger partial charge < -0.3 is 0 Å². The van der Waals surface area contributed by atoms with Crippen molar-refractivity contribution in [2.45, 2.75) is 6.18 Å². The average molecular weight is 334 g/mol. The summed E-state index contributed by atoms with van der Waals surface area (Å²) in [6.07, 6.45) is -1.42. The molecular formula is C11H4Cl2F3N5. The summed E-state index contributed by atoms with van der Waals surface area (Å²) in [7, 11) is 0. The molecule has 5 nitrogen and oxygen atoms in total. The molecule has 3 rings (SSSR count). The molecule has 0 saturated heterocycles. The summed E-state index contributed by atoms with van der Waals surface area (Å²) in [5.74, 6) is 0.0688. The molecule has 0 amide bonds. The summed E-state index contributed by atoms with van der Waals surface area (Å²) >= 11 is 11.5. The number of nitrogens with zero attached hydrogens (tertiary/aromatic N) is 5. The molecule has 0 bridgehead atoms. The maximum absolute atomic E-state index is 12.7. The Morgan fingerprint density at radius 2 is 1.67 bits per heavy atom. The van der Waals surface area contributed by atoms with Crippen molar-refractivity contribution in [1.82, 2.24) is 24.3 Å². The molecule has 0 atom stereocenters. The molecule has 0 unspecified atom stereocenters. The Bertz CT molecular complexity index is 810. The summed E-state index contributed by atoms with van der Waals surface area (Å²) < 4.78 is 39.3. The van der Waals surface area contributed by atoms with Crippen molar-refractivity contribution in [1.29, 1.82) is 0 Å². The summed E-state index contributed by atoms with van der Waals surface area (Å²) in [5, 5.41) is 0.148. The minimum Gasteiger partial charge on any atom is -0.293 e. The predicted octanol–water partition coefficient (Wildman–Crippen LogP) is 3.51. The molecule has 0 aliphatic carbocycles. The highest BCUT2D eigenvalue weighted by atomic mass is 35.5. The minimum absolute atomic E-state index is 0.0688. The molecule has 10 heteroatoms. The highest BCUT2D eigenvalue weighted by Gasteiger charge is 2.33. The topological polar surface area (TPSA) is 56.0 Å². The Hall–Kier alpha value is -1.93. The van der Waals surface area contributed by atoms with Crippen LogP contribution in [0.25, 0.3) is 17.2 Å². The first-order valence-electron chi connectivity index (χ1n) is 5.45. The first kappa shape index (κ1) is 14.0. The first-order valence-corrected chi connectivity index (χ1v) is 6.21. The third kappa shape index (κ3) is 2.64. The molecule has 3 heterocycles. The van der Waals surface area contributed by atoms with E-state index in [9.17, 15) is 13.2 Å². The van der Waals surface area contributed by atoms with E-state index in [2.05, 4.69) is 19.9 Å². The second kappa shape index (κ2) is 4.81. The van der Waals surface area contributed by atoms with Gasteiger partial charge in [-0.05, 0) is 0 Å². The number of hydrogen-bond acceptors (Lipinski definition) is 4. The van der Waals surface area contributed by atoms with Gasteiger partial charge in [0.15, 0.2) is 17.2 Å². The van der Waals surface area contributed by atoms with Crippen molar-refractivity contribution in [3.63, 3.8) is 0 Å². The van der Waals surface area contributed by atoms with Gasteiger partial charge >= 0.3 is 6.18 Å². The number of rotatable bonds is 1. The standard InChI is InChI=1S/C11H4Cl2F3N5/c12-7-1-8(13)20-10(19-7)5-2-18-9-3-17-6(4-21(5)9)11(14,15)16/h1-4H. The van der Waals surface area contributed by atoms with Crippen LogP contribution in [-0.4, -0.2) is 24.3 Å². The molecule has 3 aromatic heterocycles. The molecule has 0 aliphatic heterocycles. The SMILES string of the molecule is FC(F)(F)c1cn2c(-c3nc(Cl)cc(Cl)n3)cnc2cn1. The second-order valence-corrected chi connectivity index (χ2v) is 4.75. The fourth-order valence-corrected chi connectivity index (χ4v) is 2.13. The zero-order chi connectivity index (χ0) is 15.2. The highest BCUT2D eigenvalue weighted by Crippen LogP contribution is 2.29. The van der Waals surface area contributed by atoms with Crippen LogP contribution in [0.4, 0.5) is 13.2 Å². The van der Waals surface area contributed by atoms with Crippen LogP contribution in [0, 0.1) is 0 Å². The van der Waals surface area contributed by atoms with Gasteiger partial charge in [-0.15, -0.1) is 0 Å². The average Bonchev–Trinajstić information content (AvgIpc) is 2.79. The minimum atomic E-state index is -4.57. The largest absolute Gasteiger partial charge is 0.434 e. The molecule has 108 valence electrons. The molecule has 21 heavy (non-hydrogen) atoms. The maximum Gasteiger partial charge on any atom is 0.434 e. The van der Waals surface area contributed by atoms with Gasteiger partial charge in [-0.3, -0.25) is 4.40 Å². The van der Waals surface area contributed by atoms with E-state index in [1.165, 1.54) is 16.7 Å². The van der Waals surface area contributed by atoms with E-state index in [0.717, 1.165) is 12.4 Å². The van der Waals surface area contributed by atoms with Gasteiger partial charge in [-0.2, -0.15) is 13.2 Å². The molecule has 0 spiro atoms. The summed E-state index contributed by atoms with van der Waals surface area (Å²) in [4.78, 5) is 15.1. The highest BCUT2D eigenvalue weighted by molar-refractivity contribution is 6.33. The van der Waals surface area contributed by atoms with E-state index in [-0.39, 0.29) is 27.5 Å². The fraction of sp³-hybridized carbons (Fsp3) is 0.0909. The lowest BCUT2D eigenvalue weighted by atomic mass is 10.4. The zero-order valence-electron chi connectivity index (χ0n) is 9.94. The molecule has 0 fully saturated rings. The van der Waals surface area contributed by atoms with E-state index < -0.39 is 11.9 Å². The number of aromatic nitrogens is 5. The van der Waals surface area contributed by atoms with Crippen LogP contribution in [-0.2, 0) is 6.18 Å². The van der Waals surface area contributed by atoms with Gasteiger partial charge in [0.25, 0.3) is 0 Å². The number of imidazole rings is 1. The van der Waals surface area contributed by atoms with Crippen molar-refractivity contribution in [3.05, 3.63) is 40.7 Å². The van der Waals surface area contributed by atoms with Crippen molar-refractivity contribution < 1.29 is 13.2 Å². The van der Waals surface area contributed by atoms with Crippen LogP contribution in [0.3, 0.4) is 0 Å².